The van der Waals surface area contributed by atoms with Gasteiger partial charge in [-0.2, -0.15) is 0 Å². The third-order valence-electron chi connectivity index (χ3n) is 6.34. The molecule has 0 saturated carbocycles. The van der Waals surface area contributed by atoms with Crippen LogP contribution in [0.3, 0.4) is 0 Å². The molecule has 0 aliphatic rings. The summed E-state index contributed by atoms with van der Waals surface area (Å²) in [5.41, 5.74) is 2.72. The van der Waals surface area contributed by atoms with Crippen LogP contribution in [0, 0.1) is 0 Å². The molecule has 1 aromatic heterocycles. The lowest BCUT2D eigenvalue weighted by atomic mass is 9.98. The van der Waals surface area contributed by atoms with Crippen molar-refractivity contribution >= 4 is 41.2 Å². The molecule has 0 bridgehead atoms. The van der Waals surface area contributed by atoms with Gasteiger partial charge < -0.3 is 14.3 Å². The van der Waals surface area contributed by atoms with Gasteiger partial charge in [-0.05, 0) is 49.6 Å². The molecule has 0 radical (unpaired) electrons. The van der Waals surface area contributed by atoms with E-state index < -0.39 is 19.9 Å². The highest BCUT2D eigenvalue weighted by Gasteiger charge is 2.39. The van der Waals surface area contributed by atoms with Gasteiger partial charge in [-0.25, -0.2) is 4.79 Å². The predicted octanol–water partition coefficient (Wildman–Crippen LogP) is 7.87. The first-order chi connectivity index (χ1) is 14.7. The van der Waals surface area contributed by atoms with Crippen LogP contribution in [-0.4, -0.2) is 24.2 Å². The highest BCUT2D eigenvalue weighted by molar-refractivity contribution is 9.10. The topological polar surface area (TPSA) is 43.3 Å². The number of hydrogen-bond acceptors (Lipinski definition) is 2. The minimum absolute atomic E-state index is 0.157. The van der Waals surface area contributed by atoms with Crippen LogP contribution in [0.25, 0.3) is 10.9 Å². The van der Waals surface area contributed by atoms with Gasteiger partial charge in [-0.15, -0.1) is 0 Å². The van der Waals surface area contributed by atoms with Crippen LogP contribution in [0.2, 0.25) is 18.1 Å². The summed E-state index contributed by atoms with van der Waals surface area (Å²) in [4.78, 5) is 12.8. The minimum Gasteiger partial charge on any atom is -0.444 e. The number of carbonyl (C=O) groups excluding carboxylic acids is 1. The number of alkyl carbamates (subject to hydrolysis) is 1. The van der Waals surface area contributed by atoms with Crippen molar-refractivity contribution in [1.82, 2.24) is 9.55 Å². The maximum absolute atomic E-state index is 12.8. The molecular formula is C26H35BrN2O2Si. The number of nitrogens with one attached hydrogen (secondary N) is 1. The standard InChI is InChI=1S/C26H35BrN2O2Si/c1-25(2,3)31-24(30)28-23(18-12-10-9-11-13-18)21-17-29(32(7,8)26(4,5)6)22-15-14-19(27)16-20(21)22/h9-17,23H,1-8H3,(H,28,30). The molecule has 0 fully saturated rings. The Morgan fingerprint density at radius 1 is 1.03 bits per heavy atom. The minimum atomic E-state index is -1.91. The van der Waals surface area contributed by atoms with E-state index in [1.807, 2.05) is 39.0 Å². The van der Waals surface area contributed by atoms with Gasteiger partial charge in [0.2, 0.25) is 0 Å². The van der Waals surface area contributed by atoms with Crippen LogP contribution in [0.4, 0.5) is 4.79 Å². The predicted molar refractivity (Wildman–Crippen MR) is 140 cm³/mol. The van der Waals surface area contributed by atoms with Gasteiger partial charge >= 0.3 is 6.09 Å². The molecule has 172 valence electrons. The summed E-state index contributed by atoms with van der Waals surface area (Å²) in [6, 6.07) is 16.2. The van der Waals surface area contributed by atoms with E-state index in [0.717, 1.165) is 21.0 Å². The largest absolute Gasteiger partial charge is 0.444 e. The monoisotopic (exact) mass is 514 g/mol. The molecule has 1 unspecified atom stereocenters. The zero-order valence-electron chi connectivity index (χ0n) is 20.4. The fourth-order valence-corrected chi connectivity index (χ4v) is 6.04. The highest BCUT2D eigenvalue weighted by atomic mass is 79.9. The van der Waals surface area contributed by atoms with Gasteiger partial charge in [0, 0.05) is 27.1 Å². The number of carbonyl (C=O) groups is 1. The summed E-state index contributed by atoms with van der Waals surface area (Å²) < 4.78 is 9.12. The van der Waals surface area contributed by atoms with Crippen molar-refractivity contribution in [2.24, 2.45) is 0 Å². The van der Waals surface area contributed by atoms with Crippen LogP contribution in [0.5, 0.6) is 0 Å². The first kappa shape index (κ1) is 24.6. The van der Waals surface area contributed by atoms with E-state index in [1.54, 1.807) is 0 Å². The maximum Gasteiger partial charge on any atom is 0.408 e. The van der Waals surface area contributed by atoms with Crippen molar-refractivity contribution in [1.29, 1.82) is 0 Å². The van der Waals surface area contributed by atoms with E-state index in [-0.39, 0.29) is 11.1 Å². The lowest BCUT2D eigenvalue weighted by Gasteiger charge is -2.38. The quantitative estimate of drug-likeness (QED) is 0.359. The fourth-order valence-electron chi connectivity index (χ4n) is 3.69. The van der Waals surface area contributed by atoms with E-state index in [0.29, 0.717) is 0 Å². The summed E-state index contributed by atoms with van der Waals surface area (Å²) in [7, 11) is -1.91. The van der Waals surface area contributed by atoms with Crippen molar-refractivity contribution in [3.63, 3.8) is 0 Å². The van der Waals surface area contributed by atoms with Crippen molar-refractivity contribution in [3.05, 3.63) is 70.3 Å². The maximum atomic E-state index is 12.8. The first-order valence-corrected chi connectivity index (χ1v) is 14.8. The summed E-state index contributed by atoms with van der Waals surface area (Å²) >= 11 is 3.65. The second kappa shape index (κ2) is 8.71. The third kappa shape index (κ3) is 5.12. The van der Waals surface area contributed by atoms with Crippen molar-refractivity contribution in [2.75, 3.05) is 0 Å². The smallest absolute Gasteiger partial charge is 0.408 e. The average Bonchev–Trinajstić information content (AvgIpc) is 3.03. The Balaban J connectivity index is 2.22. The molecule has 3 rings (SSSR count). The molecule has 1 heterocycles. The number of amides is 1. The average molecular weight is 516 g/mol. The summed E-state index contributed by atoms with van der Waals surface area (Å²) in [6.07, 6.45) is 1.83. The second-order valence-corrected chi connectivity index (χ2v) is 16.9. The Kier molecular flexibility index (Phi) is 6.69. The number of halogens is 1. The summed E-state index contributed by atoms with van der Waals surface area (Å²) in [6.45, 7) is 17.4. The van der Waals surface area contributed by atoms with Gasteiger partial charge in [-0.3, -0.25) is 0 Å². The number of nitrogens with zero attached hydrogens (tertiary/aromatic N) is 1. The SMILES string of the molecule is CC(C)(C)OC(=O)NC(c1ccccc1)c1cn([Si](C)(C)C(C)(C)C)c2ccc(Br)cc12. The zero-order valence-corrected chi connectivity index (χ0v) is 23.0. The third-order valence-corrected chi connectivity index (χ3v) is 12.1. The van der Waals surface area contributed by atoms with Gasteiger partial charge in [0.15, 0.2) is 8.24 Å². The number of ether oxygens (including phenoxy) is 1. The molecule has 3 aromatic rings. The molecule has 0 spiro atoms. The van der Waals surface area contributed by atoms with Crippen molar-refractivity contribution in [2.45, 2.75) is 71.3 Å². The van der Waals surface area contributed by atoms with Gasteiger partial charge in [0.1, 0.15) is 5.60 Å². The molecule has 0 aliphatic carbocycles. The number of benzene rings is 2. The molecule has 0 saturated heterocycles. The highest BCUT2D eigenvalue weighted by Crippen LogP contribution is 2.41. The van der Waals surface area contributed by atoms with E-state index in [2.05, 4.69) is 95.9 Å². The van der Waals surface area contributed by atoms with Crippen LogP contribution >= 0.6 is 15.9 Å². The van der Waals surface area contributed by atoms with Crippen molar-refractivity contribution in [3.8, 4) is 0 Å². The van der Waals surface area contributed by atoms with Gasteiger partial charge in [0.05, 0.1) is 6.04 Å². The molecule has 2 aromatic carbocycles. The number of hydrogen-bond donors (Lipinski definition) is 1. The lowest BCUT2D eigenvalue weighted by Crippen LogP contribution is -2.45. The zero-order chi connectivity index (χ0) is 23.9. The molecule has 1 N–H and O–H groups in total. The molecular weight excluding hydrogens is 480 g/mol. The van der Waals surface area contributed by atoms with Crippen molar-refractivity contribution < 1.29 is 9.53 Å². The van der Waals surface area contributed by atoms with Crippen LogP contribution in [-0.2, 0) is 4.74 Å². The van der Waals surface area contributed by atoms with E-state index >= 15 is 0 Å². The Bertz CT molecular complexity index is 1110. The molecule has 1 atom stereocenters. The fraction of sp³-hybridized carbons (Fsp3) is 0.423. The van der Waals surface area contributed by atoms with Crippen LogP contribution < -0.4 is 5.32 Å². The lowest BCUT2D eigenvalue weighted by molar-refractivity contribution is 0.0512. The van der Waals surface area contributed by atoms with Gasteiger partial charge in [0.25, 0.3) is 0 Å². The van der Waals surface area contributed by atoms with Gasteiger partial charge in [-0.1, -0.05) is 80.1 Å². The van der Waals surface area contributed by atoms with E-state index in [4.69, 9.17) is 4.74 Å². The molecule has 32 heavy (non-hydrogen) atoms. The van der Waals surface area contributed by atoms with E-state index in [1.165, 1.54) is 5.52 Å². The summed E-state index contributed by atoms with van der Waals surface area (Å²) in [5, 5.41) is 4.44. The molecule has 1 amide bonds. The Labute approximate surface area is 201 Å². The normalized spacial score (nSPS) is 13.8. The number of fused-ring (bicyclic) bond motifs is 1. The van der Waals surface area contributed by atoms with E-state index in [9.17, 15) is 4.79 Å². The molecule has 6 heteroatoms. The Hall–Kier alpha value is -2.05. The molecule has 0 aliphatic heterocycles. The van der Waals surface area contributed by atoms with Crippen LogP contribution in [0.15, 0.2) is 59.2 Å². The molecule has 4 nitrogen and oxygen atoms in total. The summed E-state index contributed by atoms with van der Waals surface area (Å²) in [5.74, 6) is 0. The Morgan fingerprint density at radius 2 is 1.66 bits per heavy atom. The second-order valence-electron chi connectivity index (χ2n) is 10.9. The number of aromatic nitrogens is 1. The Morgan fingerprint density at radius 3 is 2.22 bits per heavy atom. The van der Waals surface area contributed by atoms with Crippen LogP contribution in [0.1, 0.15) is 58.7 Å². The number of rotatable bonds is 4. The first-order valence-electron chi connectivity index (χ1n) is 11.1.